The van der Waals surface area contributed by atoms with Gasteiger partial charge in [-0.15, -0.1) is 0 Å². The van der Waals surface area contributed by atoms with E-state index in [1.807, 2.05) is 0 Å². The molecule has 2 aliphatic rings. The molecule has 92 valence electrons. The highest BCUT2D eigenvalue weighted by atomic mass is 16.5. The summed E-state index contributed by atoms with van der Waals surface area (Å²) in [4.78, 5) is 6.86. The molecule has 16 heavy (non-hydrogen) atoms. The van der Waals surface area contributed by atoms with E-state index in [9.17, 15) is 0 Å². The van der Waals surface area contributed by atoms with Crippen LogP contribution in [-0.4, -0.2) is 36.7 Å². The molecule has 2 aliphatic heterocycles. The summed E-state index contributed by atoms with van der Waals surface area (Å²) in [5.74, 6) is 0. The van der Waals surface area contributed by atoms with Crippen molar-refractivity contribution in [2.45, 2.75) is 58.0 Å². The lowest BCUT2D eigenvalue weighted by Crippen LogP contribution is -2.36. The fourth-order valence-corrected chi connectivity index (χ4v) is 2.44. The predicted molar refractivity (Wildman–Crippen MR) is 66.7 cm³/mol. The van der Waals surface area contributed by atoms with Crippen LogP contribution >= 0.6 is 0 Å². The standard InChI is InChI=1S/C13H24N2O/c1-2-3-5-8-12-11-14-13(16-12)15-9-6-4-7-10-15/h12H,2-11H2,1H3. The van der Waals surface area contributed by atoms with Crippen LogP contribution in [0.3, 0.4) is 0 Å². The van der Waals surface area contributed by atoms with E-state index in [-0.39, 0.29) is 0 Å². The average Bonchev–Trinajstić information content (AvgIpc) is 2.79. The molecule has 3 nitrogen and oxygen atoms in total. The number of ether oxygens (including phenoxy) is 1. The zero-order chi connectivity index (χ0) is 11.2. The Hall–Kier alpha value is -0.730. The van der Waals surface area contributed by atoms with Gasteiger partial charge >= 0.3 is 0 Å². The predicted octanol–water partition coefficient (Wildman–Crippen LogP) is 2.81. The smallest absolute Gasteiger partial charge is 0.287 e. The summed E-state index contributed by atoms with van der Waals surface area (Å²) < 4.78 is 5.92. The first-order valence-corrected chi connectivity index (χ1v) is 6.86. The van der Waals surface area contributed by atoms with E-state index < -0.39 is 0 Å². The van der Waals surface area contributed by atoms with Gasteiger partial charge in [-0.1, -0.05) is 19.8 Å². The molecule has 0 amide bonds. The molecule has 2 rings (SSSR count). The van der Waals surface area contributed by atoms with Crippen LogP contribution in [0.15, 0.2) is 4.99 Å². The molecule has 1 saturated heterocycles. The Labute approximate surface area is 98.9 Å². The zero-order valence-corrected chi connectivity index (χ0v) is 10.5. The molecular weight excluding hydrogens is 200 g/mol. The van der Waals surface area contributed by atoms with Gasteiger partial charge in [0.2, 0.25) is 0 Å². The first-order valence-electron chi connectivity index (χ1n) is 6.86. The molecule has 2 heterocycles. The van der Waals surface area contributed by atoms with Gasteiger partial charge in [-0.3, -0.25) is 0 Å². The van der Waals surface area contributed by atoms with Gasteiger partial charge in [0.05, 0.1) is 6.54 Å². The van der Waals surface area contributed by atoms with Crippen LogP contribution in [0.2, 0.25) is 0 Å². The molecule has 1 fully saturated rings. The minimum atomic E-state index is 0.364. The molecule has 0 aliphatic carbocycles. The molecular formula is C13H24N2O. The minimum Gasteiger partial charge on any atom is -0.460 e. The molecule has 0 bridgehead atoms. The quantitative estimate of drug-likeness (QED) is 0.686. The Morgan fingerprint density at radius 1 is 1.25 bits per heavy atom. The molecule has 0 radical (unpaired) electrons. The number of likely N-dealkylation sites (tertiary alicyclic amines) is 1. The van der Waals surface area contributed by atoms with E-state index in [0.717, 1.165) is 25.7 Å². The van der Waals surface area contributed by atoms with Gasteiger partial charge in [0.15, 0.2) is 0 Å². The summed E-state index contributed by atoms with van der Waals surface area (Å²) in [6.07, 6.45) is 9.38. The molecule has 0 spiro atoms. The molecule has 0 aromatic carbocycles. The molecule has 0 aromatic heterocycles. The van der Waals surface area contributed by atoms with Crippen LogP contribution in [0.25, 0.3) is 0 Å². The van der Waals surface area contributed by atoms with Crippen LogP contribution in [0.4, 0.5) is 0 Å². The van der Waals surface area contributed by atoms with Crippen LogP contribution in [0.5, 0.6) is 0 Å². The van der Waals surface area contributed by atoms with E-state index in [4.69, 9.17) is 4.74 Å². The van der Waals surface area contributed by atoms with E-state index >= 15 is 0 Å². The fourth-order valence-electron chi connectivity index (χ4n) is 2.44. The van der Waals surface area contributed by atoms with Crippen molar-refractivity contribution in [2.24, 2.45) is 4.99 Å². The van der Waals surface area contributed by atoms with E-state index in [1.165, 1.54) is 44.9 Å². The van der Waals surface area contributed by atoms with Crippen molar-refractivity contribution in [3.8, 4) is 0 Å². The van der Waals surface area contributed by atoms with Crippen molar-refractivity contribution in [3.63, 3.8) is 0 Å². The number of nitrogens with zero attached hydrogens (tertiary/aromatic N) is 2. The van der Waals surface area contributed by atoms with E-state index in [2.05, 4.69) is 16.8 Å². The molecule has 0 saturated carbocycles. The SMILES string of the molecule is CCCCCC1CN=C(N2CCCCC2)O1. The molecule has 0 N–H and O–H groups in total. The van der Waals surface area contributed by atoms with Crippen molar-refractivity contribution in [1.29, 1.82) is 0 Å². The van der Waals surface area contributed by atoms with Gasteiger partial charge in [-0.25, -0.2) is 4.99 Å². The Morgan fingerprint density at radius 2 is 2.06 bits per heavy atom. The second-order valence-electron chi connectivity index (χ2n) is 4.91. The second kappa shape index (κ2) is 6.12. The molecule has 1 unspecified atom stereocenters. The summed E-state index contributed by atoms with van der Waals surface area (Å²) in [5.41, 5.74) is 0. The minimum absolute atomic E-state index is 0.364. The Morgan fingerprint density at radius 3 is 2.81 bits per heavy atom. The Kier molecular flexibility index (Phi) is 4.49. The number of piperidine rings is 1. The maximum Gasteiger partial charge on any atom is 0.287 e. The first-order chi connectivity index (χ1) is 7.90. The lowest BCUT2D eigenvalue weighted by molar-refractivity contribution is 0.163. The fraction of sp³-hybridized carbons (Fsp3) is 0.923. The third-order valence-electron chi connectivity index (χ3n) is 3.46. The molecule has 1 atom stereocenters. The number of rotatable bonds is 4. The van der Waals surface area contributed by atoms with E-state index in [0.29, 0.717) is 6.10 Å². The number of hydrogen-bond donors (Lipinski definition) is 0. The number of hydrogen-bond acceptors (Lipinski definition) is 3. The molecule has 0 aromatic rings. The summed E-state index contributed by atoms with van der Waals surface area (Å²) in [6, 6.07) is 0.932. The normalized spacial score (nSPS) is 25.4. The third kappa shape index (κ3) is 3.13. The van der Waals surface area contributed by atoms with Crippen molar-refractivity contribution >= 4 is 6.02 Å². The van der Waals surface area contributed by atoms with Crippen molar-refractivity contribution in [3.05, 3.63) is 0 Å². The monoisotopic (exact) mass is 224 g/mol. The highest BCUT2D eigenvalue weighted by Crippen LogP contribution is 2.17. The summed E-state index contributed by atoms with van der Waals surface area (Å²) in [5, 5.41) is 0. The third-order valence-corrected chi connectivity index (χ3v) is 3.46. The average molecular weight is 224 g/mol. The van der Waals surface area contributed by atoms with Gasteiger partial charge in [0.25, 0.3) is 6.02 Å². The van der Waals surface area contributed by atoms with Crippen molar-refractivity contribution < 1.29 is 4.74 Å². The van der Waals surface area contributed by atoms with Crippen LogP contribution in [0, 0.1) is 0 Å². The van der Waals surface area contributed by atoms with Gasteiger partial charge in [-0.05, 0) is 32.1 Å². The lowest BCUT2D eigenvalue weighted by atomic mass is 10.1. The van der Waals surface area contributed by atoms with Crippen LogP contribution < -0.4 is 0 Å². The molecule has 3 heteroatoms. The van der Waals surface area contributed by atoms with Gasteiger partial charge in [0.1, 0.15) is 6.10 Å². The van der Waals surface area contributed by atoms with Gasteiger partial charge in [-0.2, -0.15) is 0 Å². The summed E-state index contributed by atoms with van der Waals surface area (Å²) >= 11 is 0. The van der Waals surface area contributed by atoms with Crippen LogP contribution in [0.1, 0.15) is 51.9 Å². The maximum atomic E-state index is 5.92. The highest BCUT2D eigenvalue weighted by molar-refractivity contribution is 5.75. The Balaban J connectivity index is 1.69. The number of aliphatic imine (C=N–C) groups is 1. The topological polar surface area (TPSA) is 24.8 Å². The highest BCUT2D eigenvalue weighted by Gasteiger charge is 2.24. The number of unbranched alkanes of at least 4 members (excludes halogenated alkanes) is 2. The maximum absolute atomic E-state index is 5.92. The zero-order valence-electron chi connectivity index (χ0n) is 10.5. The largest absolute Gasteiger partial charge is 0.460 e. The van der Waals surface area contributed by atoms with Gasteiger partial charge < -0.3 is 9.64 Å². The second-order valence-corrected chi connectivity index (χ2v) is 4.91. The van der Waals surface area contributed by atoms with E-state index in [1.54, 1.807) is 0 Å². The summed E-state index contributed by atoms with van der Waals surface area (Å²) in [7, 11) is 0. The first kappa shape index (κ1) is 11.7. The number of amidine groups is 1. The van der Waals surface area contributed by atoms with Crippen molar-refractivity contribution in [1.82, 2.24) is 4.90 Å². The lowest BCUT2D eigenvalue weighted by Gasteiger charge is -2.27. The van der Waals surface area contributed by atoms with Gasteiger partial charge in [0, 0.05) is 13.1 Å². The summed E-state index contributed by atoms with van der Waals surface area (Å²) in [6.45, 7) is 5.40. The van der Waals surface area contributed by atoms with Crippen LogP contribution in [-0.2, 0) is 4.74 Å². The Bertz CT molecular complexity index is 234. The van der Waals surface area contributed by atoms with Crippen molar-refractivity contribution in [2.75, 3.05) is 19.6 Å².